The normalized spacial score (nSPS) is 21.3. The lowest BCUT2D eigenvalue weighted by Gasteiger charge is -2.04. The molecule has 1 fully saturated rings. The number of hydrogen-bond donors (Lipinski definition) is 1. The van der Waals surface area contributed by atoms with Gasteiger partial charge in [0.05, 0.1) is 12.6 Å². The summed E-state index contributed by atoms with van der Waals surface area (Å²) in [5, 5.41) is 6.35. The molecule has 2 aromatic heterocycles. The SMILES string of the molecule is Cl.FC1(F)CNC(c2nc(-c3ccc(Br)o3)no2)C1. The van der Waals surface area contributed by atoms with Crippen LogP contribution < -0.4 is 5.32 Å². The number of aromatic nitrogens is 2. The van der Waals surface area contributed by atoms with Crippen LogP contribution in [-0.2, 0) is 0 Å². The van der Waals surface area contributed by atoms with E-state index in [1.54, 1.807) is 12.1 Å². The molecule has 5 nitrogen and oxygen atoms in total. The smallest absolute Gasteiger partial charge is 0.262 e. The standard InChI is InChI=1S/C10H8BrF2N3O2.ClH/c11-7-2-1-6(17-7)8-15-9(18-16-8)5-3-10(12,13)4-14-5;/h1-2,5,14H,3-4H2;1H. The second kappa shape index (κ2) is 5.18. The first-order valence-electron chi connectivity index (χ1n) is 5.24. The van der Waals surface area contributed by atoms with Gasteiger partial charge in [0.1, 0.15) is 0 Å². The van der Waals surface area contributed by atoms with E-state index in [1.807, 2.05) is 0 Å². The molecule has 0 aromatic carbocycles. The van der Waals surface area contributed by atoms with E-state index in [0.29, 0.717) is 10.4 Å². The molecule has 0 aliphatic carbocycles. The van der Waals surface area contributed by atoms with Crippen molar-refractivity contribution in [3.05, 3.63) is 22.7 Å². The Labute approximate surface area is 121 Å². The second-order valence-electron chi connectivity index (χ2n) is 4.05. The predicted molar refractivity (Wildman–Crippen MR) is 67.3 cm³/mol. The minimum Gasteiger partial charge on any atom is -0.446 e. The van der Waals surface area contributed by atoms with Gasteiger partial charge in [0.2, 0.25) is 11.7 Å². The first-order chi connectivity index (χ1) is 8.53. The van der Waals surface area contributed by atoms with E-state index in [4.69, 9.17) is 8.94 Å². The van der Waals surface area contributed by atoms with Gasteiger partial charge in [0.15, 0.2) is 10.4 Å². The minimum absolute atomic E-state index is 0. The Balaban J connectivity index is 0.00000133. The van der Waals surface area contributed by atoms with E-state index in [1.165, 1.54) is 0 Å². The second-order valence-corrected chi connectivity index (χ2v) is 4.84. The van der Waals surface area contributed by atoms with Crippen LogP contribution in [0.25, 0.3) is 11.6 Å². The molecule has 3 rings (SSSR count). The maximum Gasteiger partial charge on any atom is 0.262 e. The molecule has 1 aliphatic heterocycles. The van der Waals surface area contributed by atoms with Gasteiger partial charge in [0, 0.05) is 6.42 Å². The molecule has 9 heteroatoms. The molecule has 1 atom stereocenters. The van der Waals surface area contributed by atoms with E-state index < -0.39 is 12.0 Å². The summed E-state index contributed by atoms with van der Waals surface area (Å²) in [5.41, 5.74) is 0. The predicted octanol–water partition coefficient (Wildman–Crippen LogP) is 3.18. The molecular weight excluding hydrogens is 347 g/mol. The van der Waals surface area contributed by atoms with Crippen LogP contribution >= 0.6 is 28.3 Å². The lowest BCUT2D eigenvalue weighted by molar-refractivity contribution is 0.0200. The summed E-state index contributed by atoms with van der Waals surface area (Å²) in [7, 11) is 0. The van der Waals surface area contributed by atoms with Crippen LogP contribution in [0.3, 0.4) is 0 Å². The van der Waals surface area contributed by atoms with Crippen molar-refractivity contribution in [2.75, 3.05) is 6.54 Å². The highest BCUT2D eigenvalue weighted by atomic mass is 79.9. The lowest BCUT2D eigenvalue weighted by atomic mass is 10.2. The van der Waals surface area contributed by atoms with Crippen molar-refractivity contribution in [1.29, 1.82) is 0 Å². The van der Waals surface area contributed by atoms with Crippen molar-refractivity contribution in [3.8, 4) is 11.6 Å². The molecule has 0 amide bonds. The Morgan fingerprint density at radius 2 is 2.21 bits per heavy atom. The van der Waals surface area contributed by atoms with E-state index in [2.05, 4.69) is 31.4 Å². The topological polar surface area (TPSA) is 64.1 Å². The van der Waals surface area contributed by atoms with Crippen LogP contribution in [0.4, 0.5) is 8.78 Å². The fourth-order valence-electron chi connectivity index (χ4n) is 1.80. The molecule has 19 heavy (non-hydrogen) atoms. The third-order valence-electron chi connectivity index (χ3n) is 2.64. The molecule has 0 saturated carbocycles. The molecule has 3 heterocycles. The molecule has 2 aromatic rings. The summed E-state index contributed by atoms with van der Waals surface area (Å²) < 4.78 is 36.8. The first kappa shape index (κ1) is 14.4. The number of alkyl halides is 2. The lowest BCUT2D eigenvalue weighted by Crippen LogP contribution is -2.19. The fourth-order valence-corrected chi connectivity index (χ4v) is 2.11. The number of hydrogen-bond acceptors (Lipinski definition) is 5. The average Bonchev–Trinajstić information content (AvgIpc) is 2.96. The van der Waals surface area contributed by atoms with Crippen molar-refractivity contribution in [2.24, 2.45) is 0 Å². The van der Waals surface area contributed by atoms with Gasteiger partial charge in [-0.3, -0.25) is 5.32 Å². The molecule has 1 aliphatic rings. The summed E-state index contributed by atoms with van der Waals surface area (Å²) in [5.74, 6) is -1.92. The van der Waals surface area contributed by atoms with E-state index >= 15 is 0 Å². The molecule has 0 spiro atoms. The number of furan rings is 1. The summed E-state index contributed by atoms with van der Waals surface area (Å²) in [6, 6.07) is 2.74. The van der Waals surface area contributed by atoms with Crippen molar-refractivity contribution in [3.63, 3.8) is 0 Å². The Bertz CT molecular complexity index is 575. The largest absolute Gasteiger partial charge is 0.446 e. The molecule has 1 saturated heterocycles. The average molecular weight is 357 g/mol. The van der Waals surface area contributed by atoms with Gasteiger partial charge in [0.25, 0.3) is 5.92 Å². The molecular formula is C10H9BrClF2N3O2. The van der Waals surface area contributed by atoms with Crippen LogP contribution in [0, 0.1) is 0 Å². The monoisotopic (exact) mass is 355 g/mol. The summed E-state index contributed by atoms with van der Waals surface area (Å²) in [6.45, 7) is -0.373. The number of rotatable bonds is 2. The van der Waals surface area contributed by atoms with Gasteiger partial charge in [-0.15, -0.1) is 12.4 Å². The number of halogens is 4. The Morgan fingerprint density at radius 1 is 1.42 bits per heavy atom. The highest BCUT2D eigenvalue weighted by Crippen LogP contribution is 2.34. The quantitative estimate of drug-likeness (QED) is 0.895. The molecule has 1 N–H and O–H groups in total. The summed E-state index contributed by atoms with van der Waals surface area (Å²) in [6.07, 6.45) is -0.337. The third-order valence-corrected chi connectivity index (χ3v) is 3.07. The van der Waals surface area contributed by atoms with E-state index in [-0.39, 0.29) is 37.1 Å². The maximum absolute atomic E-state index is 13.0. The fraction of sp³-hybridized carbons (Fsp3) is 0.400. The van der Waals surface area contributed by atoms with Gasteiger partial charge >= 0.3 is 0 Å². The zero-order valence-corrected chi connectivity index (χ0v) is 11.8. The minimum atomic E-state index is -2.73. The van der Waals surface area contributed by atoms with Crippen molar-refractivity contribution < 1.29 is 17.7 Å². The van der Waals surface area contributed by atoms with Gasteiger partial charge < -0.3 is 8.94 Å². The number of nitrogens with one attached hydrogen (secondary N) is 1. The van der Waals surface area contributed by atoms with Crippen LogP contribution in [0.5, 0.6) is 0 Å². The number of nitrogens with zero attached hydrogens (tertiary/aromatic N) is 2. The van der Waals surface area contributed by atoms with Crippen molar-refractivity contribution in [2.45, 2.75) is 18.4 Å². The van der Waals surface area contributed by atoms with Gasteiger partial charge in [-0.05, 0) is 28.1 Å². The summed E-state index contributed by atoms with van der Waals surface area (Å²) >= 11 is 3.15. The Hall–Kier alpha value is -0.990. The highest BCUT2D eigenvalue weighted by Gasteiger charge is 2.42. The molecule has 1 unspecified atom stereocenters. The van der Waals surface area contributed by atoms with Crippen molar-refractivity contribution in [1.82, 2.24) is 15.5 Å². The highest BCUT2D eigenvalue weighted by molar-refractivity contribution is 9.10. The maximum atomic E-state index is 13.0. The molecule has 0 radical (unpaired) electrons. The van der Waals surface area contributed by atoms with Crippen LogP contribution in [-0.4, -0.2) is 22.6 Å². The van der Waals surface area contributed by atoms with Crippen molar-refractivity contribution >= 4 is 28.3 Å². The van der Waals surface area contributed by atoms with Gasteiger partial charge in [-0.25, -0.2) is 8.78 Å². The van der Waals surface area contributed by atoms with Crippen LogP contribution in [0.1, 0.15) is 18.4 Å². The Morgan fingerprint density at radius 3 is 2.79 bits per heavy atom. The van der Waals surface area contributed by atoms with Gasteiger partial charge in [-0.2, -0.15) is 4.98 Å². The first-order valence-corrected chi connectivity index (χ1v) is 6.03. The summed E-state index contributed by atoms with van der Waals surface area (Å²) in [4.78, 5) is 4.05. The molecule has 104 valence electrons. The zero-order chi connectivity index (χ0) is 12.8. The zero-order valence-electron chi connectivity index (χ0n) is 9.40. The van der Waals surface area contributed by atoms with E-state index in [9.17, 15) is 8.78 Å². The molecule has 0 bridgehead atoms. The van der Waals surface area contributed by atoms with Gasteiger partial charge in [-0.1, -0.05) is 5.16 Å². The van der Waals surface area contributed by atoms with E-state index in [0.717, 1.165) is 0 Å². The Kier molecular flexibility index (Phi) is 3.93. The third kappa shape index (κ3) is 2.96. The van der Waals surface area contributed by atoms with Crippen LogP contribution in [0.2, 0.25) is 0 Å². The van der Waals surface area contributed by atoms with Crippen LogP contribution in [0.15, 0.2) is 25.7 Å².